The normalized spacial score (nSPS) is 17.5. The summed E-state index contributed by atoms with van der Waals surface area (Å²) < 4.78 is 27.2. The second-order valence-electron chi connectivity index (χ2n) is 6.60. The van der Waals surface area contributed by atoms with Crippen molar-refractivity contribution in [1.29, 1.82) is 0 Å². The molecule has 4 rings (SSSR count). The van der Waals surface area contributed by atoms with E-state index in [9.17, 15) is 18.5 Å². The number of likely N-dealkylation sites (N-methyl/N-ethyl adjacent to an activating group) is 1. The molecule has 0 spiro atoms. The molecule has 1 atom stereocenters. The van der Waals surface area contributed by atoms with Crippen LogP contribution in [0.4, 0.5) is 11.5 Å². The maximum Gasteiger partial charge on any atom is 0.269 e. The lowest BCUT2D eigenvalue weighted by Gasteiger charge is -2.24. The number of sulfonamides is 1. The van der Waals surface area contributed by atoms with Crippen molar-refractivity contribution in [2.75, 3.05) is 25.0 Å². The second kappa shape index (κ2) is 6.84. The van der Waals surface area contributed by atoms with Gasteiger partial charge in [0.15, 0.2) is 0 Å². The van der Waals surface area contributed by atoms with Crippen LogP contribution in [0.3, 0.4) is 0 Å². The molecule has 0 radical (unpaired) electrons. The highest BCUT2D eigenvalue weighted by molar-refractivity contribution is 7.89. The predicted octanol–water partition coefficient (Wildman–Crippen LogP) is 1.77. The molecule has 0 saturated carbocycles. The smallest absolute Gasteiger partial charge is 0.269 e. The zero-order chi connectivity index (χ0) is 19.9. The van der Waals surface area contributed by atoms with Crippen LogP contribution in [-0.4, -0.2) is 58.8 Å². The molecular weight excluding hydrogens is 384 g/mol. The lowest BCUT2D eigenvalue weighted by Crippen LogP contribution is -2.39. The third-order valence-electron chi connectivity index (χ3n) is 5.03. The summed E-state index contributed by atoms with van der Waals surface area (Å²) in [5.41, 5.74) is 0.591. The number of benzene rings is 1. The first-order valence-electron chi connectivity index (χ1n) is 8.63. The molecule has 0 aliphatic carbocycles. The Morgan fingerprint density at radius 2 is 2.00 bits per heavy atom. The van der Waals surface area contributed by atoms with Crippen LogP contribution >= 0.6 is 0 Å². The minimum atomic E-state index is -3.76. The van der Waals surface area contributed by atoms with Gasteiger partial charge in [0.25, 0.3) is 5.69 Å². The van der Waals surface area contributed by atoms with Crippen molar-refractivity contribution >= 4 is 32.6 Å². The molecule has 1 N–H and O–H groups in total. The van der Waals surface area contributed by atoms with Crippen LogP contribution in [0, 0.1) is 10.1 Å². The first-order chi connectivity index (χ1) is 13.4. The molecule has 1 saturated heterocycles. The predicted molar refractivity (Wildman–Crippen MR) is 103 cm³/mol. The third kappa shape index (κ3) is 3.08. The fourth-order valence-corrected chi connectivity index (χ4v) is 4.82. The summed E-state index contributed by atoms with van der Waals surface area (Å²) in [7, 11) is -2.22. The molecule has 0 unspecified atom stereocenters. The molecule has 1 fully saturated rings. The van der Waals surface area contributed by atoms with E-state index in [1.165, 1.54) is 41.9 Å². The number of H-pyrrole nitrogens is 1. The fraction of sp³-hybridized carbons (Fsp3) is 0.294. The quantitative estimate of drug-likeness (QED) is 0.509. The first kappa shape index (κ1) is 18.3. The standard InChI is InChI=1S/C17H18N6O4S/c1-21(28(26,27)14-4-2-12(3-5-14)23(24)25)13-7-9-22(10-13)17-15-6-8-18-16(15)19-11-20-17/h2-6,8,11,13H,7,9-10H2,1H3,(H,18,19,20)/t13-/m1/s1. The van der Waals surface area contributed by atoms with E-state index < -0.39 is 14.9 Å². The zero-order valence-electron chi connectivity index (χ0n) is 15.0. The van der Waals surface area contributed by atoms with E-state index in [0.717, 1.165) is 16.9 Å². The number of nitrogens with one attached hydrogen (secondary N) is 1. The summed E-state index contributed by atoms with van der Waals surface area (Å²) in [5.74, 6) is 0.773. The summed E-state index contributed by atoms with van der Waals surface area (Å²) in [6.45, 7) is 1.17. The Bertz CT molecular complexity index is 1130. The van der Waals surface area contributed by atoms with E-state index in [4.69, 9.17) is 0 Å². The molecule has 1 aliphatic heterocycles. The molecule has 10 nitrogen and oxygen atoms in total. The number of anilines is 1. The number of rotatable bonds is 5. The van der Waals surface area contributed by atoms with Crippen LogP contribution in [-0.2, 0) is 10.0 Å². The largest absolute Gasteiger partial charge is 0.354 e. The summed E-state index contributed by atoms with van der Waals surface area (Å²) in [6.07, 6.45) is 3.93. The van der Waals surface area contributed by atoms with Crippen molar-refractivity contribution in [1.82, 2.24) is 19.3 Å². The summed E-state index contributed by atoms with van der Waals surface area (Å²) in [4.78, 5) is 23.9. The number of aromatic nitrogens is 3. The molecule has 28 heavy (non-hydrogen) atoms. The first-order valence-corrected chi connectivity index (χ1v) is 10.1. The van der Waals surface area contributed by atoms with Gasteiger partial charge in [-0.1, -0.05) is 0 Å². The molecule has 0 amide bonds. The van der Waals surface area contributed by atoms with E-state index in [1.807, 2.05) is 11.0 Å². The molecule has 1 aliphatic rings. The Morgan fingerprint density at radius 3 is 2.71 bits per heavy atom. The van der Waals surface area contributed by atoms with Crippen LogP contribution in [0.15, 0.2) is 47.8 Å². The van der Waals surface area contributed by atoms with Gasteiger partial charge in [-0.3, -0.25) is 10.1 Å². The highest BCUT2D eigenvalue weighted by Gasteiger charge is 2.34. The van der Waals surface area contributed by atoms with Gasteiger partial charge in [0.1, 0.15) is 17.8 Å². The number of aromatic amines is 1. The highest BCUT2D eigenvalue weighted by atomic mass is 32.2. The number of fused-ring (bicyclic) bond motifs is 1. The Balaban J connectivity index is 1.54. The Morgan fingerprint density at radius 1 is 1.25 bits per heavy atom. The van der Waals surface area contributed by atoms with E-state index in [0.29, 0.717) is 19.5 Å². The maximum atomic E-state index is 12.9. The van der Waals surface area contributed by atoms with Gasteiger partial charge >= 0.3 is 0 Å². The summed E-state index contributed by atoms with van der Waals surface area (Å²) in [6, 6.07) is 6.60. The van der Waals surface area contributed by atoms with Crippen molar-refractivity contribution in [3.63, 3.8) is 0 Å². The molecule has 3 heterocycles. The number of hydrogen-bond acceptors (Lipinski definition) is 7. The van der Waals surface area contributed by atoms with Gasteiger partial charge in [0, 0.05) is 44.5 Å². The van der Waals surface area contributed by atoms with Crippen molar-refractivity contribution in [2.45, 2.75) is 17.4 Å². The van der Waals surface area contributed by atoms with Gasteiger partial charge < -0.3 is 9.88 Å². The minimum absolute atomic E-state index is 0.0362. The van der Waals surface area contributed by atoms with E-state index in [2.05, 4.69) is 15.0 Å². The van der Waals surface area contributed by atoms with Gasteiger partial charge in [-0.2, -0.15) is 4.31 Å². The number of nitro benzene ring substituents is 1. The maximum absolute atomic E-state index is 12.9. The molecule has 2 aromatic heterocycles. The Kier molecular flexibility index (Phi) is 4.47. The van der Waals surface area contributed by atoms with Crippen LogP contribution in [0.5, 0.6) is 0 Å². The van der Waals surface area contributed by atoms with Crippen molar-refractivity contribution in [3.05, 3.63) is 53.0 Å². The Hall–Kier alpha value is -3.05. The topological polar surface area (TPSA) is 125 Å². The van der Waals surface area contributed by atoms with Crippen LogP contribution < -0.4 is 4.90 Å². The number of non-ortho nitro benzene ring substituents is 1. The molecule has 1 aromatic carbocycles. The van der Waals surface area contributed by atoms with Crippen LogP contribution in [0.2, 0.25) is 0 Å². The van der Waals surface area contributed by atoms with E-state index in [-0.39, 0.29) is 16.6 Å². The summed E-state index contributed by atoms with van der Waals surface area (Å²) in [5, 5.41) is 11.7. The van der Waals surface area contributed by atoms with Gasteiger partial charge in [-0.05, 0) is 24.6 Å². The Labute approximate surface area is 161 Å². The third-order valence-corrected chi connectivity index (χ3v) is 6.96. The van der Waals surface area contributed by atoms with Crippen LogP contribution in [0.25, 0.3) is 11.0 Å². The van der Waals surface area contributed by atoms with Gasteiger partial charge in [-0.15, -0.1) is 0 Å². The second-order valence-corrected chi connectivity index (χ2v) is 8.60. The van der Waals surface area contributed by atoms with Gasteiger partial charge in [-0.25, -0.2) is 18.4 Å². The zero-order valence-corrected chi connectivity index (χ0v) is 15.8. The molecular formula is C17H18N6O4S. The lowest BCUT2D eigenvalue weighted by molar-refractivity contribution is -0.384. The van der Waals surface area contributed by atoms with E-state index in [1.54, 1.807) is 6.20 Å². The van der Waals surface area contributed by atoms with Crippen molar-refractivity contribution < 1.29 is 13.3 Å². The SMILES string of the molecule is CN([C@@H]1CCN(c2ncnc3[nH]ccc23)C1)S(=O)(=O)c1ccc([N+](=O)[O-])cc1. The molecule has 3 aromatic rings. The number of hydrogen-bond donors (Lipinski definition) is 1. The number of nitrogens with zero attached hydrogens (tertiary/aromatic N) is 5. The monoisotopic (exact) mass is 402 g/mol. The van der Waals surface area contributed by atoms with Gasteiger partial charge in [0.2, 0.25) is 10.0 Å². The van der Waals surface area contributed by atoms with E-state index >= 15 is 0 Å². The minimum Gasteiger partial charge on any atom is -0.354 e. The number of nitro groups is 1. The van der Waals surface area contributed by atoms with Crippen molar-refractivity contribution in [2.24, 2.45) is 0 Å². The molecule has 11 heteroatoms. The fourth-order valence-electron chi connectivity index (χ4n) is 3.44. The van der Waals surface area contributed by atoms with Crippen molar-refractivity contribution in [3.8, 4) is 0 Å². The molecule has 146 valence electrons. The molecule has 0 bridgehead atoms. The highest BCUT2D eigenvalue weighted by Crippen LogP contribution is 2.29. The average Bonchev–Trinajstić information content (AvgIpc) is 3.36. The van der Waals surface area contributed by atoms with Gasteiger partial charge in [0.05, 0.1) is 15.2 Å². The summed E-state index contributed by atoms with van der Waals surface area (Å²) >= 11 is 0. The van der Waals surface area contributed by atoms with Crippen LogP contribution in [0.1, 0.15) is 6.42 Å². The lowest BCUT2D eigenvalue weighted by atomic mass is 10.3. The average molecular weight is 402 g/mol.